The molecule has 0 bridgehead atoms. The number of benzene rings is 2. The molecular weight excluding hydrogens is 336 g/mol. The van der Waals surface area contributed by atoms with Crippen LogP contribution in [0.2, 0.25) is 0 Å². The van der Waals surface area contributed by atoms with E-state index in [4.69, 9.17) is 9.47 Å². The number of aliphatic carboxylic acids is 2. The lowest BCUT2D eigenvalue weighted by molar-refractivity contribution is -0.179. The van der Waals surface area contributed by atoms with Crippen molar-refractivity contribution in [3.05, 3.63) is 70.8 Å². The zero-order valence-electron chi connectivity index (χ0n) is 14.7. The number of aryl methyl sites for hydroxylation is 2. The largest absolute Gasteiger partial charge is 0.479 e. The van der Waals surface area contributed by atoms with Crippen LogP contribution in [-0.2, 0) is 32.3 Å². The summed E-state index contributed by atoms with van der Waals surface area (Å²) in [4.78, 5) is 23.0. The second-order valence-corrected chi connectivity index (χ2v) is 6.11. The summed E-state index contributed by atoms with van der Waals surface area (Å²) in [5, 5.41) is 18.8. The lowest BCUT2D eigenvalue weighted by Gasteiger charge is -2.21. The monoisotopic (exact) mass is 358 g/mol. The van der Waals surface area contributed by atoms with Crippen molar-refractivity contribution in [1.82, 2.24) is 0 Å². The predicted octanol–water partition coefficient (Wildman–Crippen LogP) is 2.94. The first-order valence-corrected chi connectivity index (χ1v) is 8.16. The van der Waals surface area contributed by atoms with E-state index in [2.05, 4.69) is 0 Å². The van der Waals surface area contributed by atoms with Gasteiger partial charge < -0.3 is 19.7 Å². The third-order valence-corrected chi connectivity index (χ3v) is 3.86. The Morgan fingerprint density at radius 2 is 1.04 bits per heavy atom. The summed E-state index contributed by atoms with van der Waals surface area (Å²) in [6, 6.07) is 14.7. The lowest BCUT2D eigenvalue weighted by atomic mass is 10.1. The summed E-state index contributed by atoms with van der Waals surface area (Å²) in [6.45, 7) is 3.83. The SMILES string of the molecule is Cc1ccc(COC(C(=O)O)[C@@H](OCc2ccc(C)cc2)C(=O)O)cc1. The van der Waals surface area contributed by atoms with Crippen molar-refractivity contribution in [1.29, 1.82) is 0 Å². The van der Waals surface area contributed by atoms with Gasteiger partial charge in [-0.3, -0.25) is 0 Å². The van der Waals surface area contributed by atoms with Crippen molar-refractivity contribution in [2.45, 2.75) is 39.3 Å². The molecule has 1 unspecified atom stereocenters. The van der Waals surface area contributed by atoms with E-state index in [9.17, 15) is 19.8 Å². The molecule has 0 amide bonds. The molecule has 2 aromatic carbocycles. The highest BCUT2D eigenvalue weighted by molar-refractivity contribution is 5.83. The van der Waals surface area contributed by atoms with Crippen LogP contribution < -0.4 is 0 Å². The van der Waals surface area contributed by atoms with Gasteiger partial charge in [0, 0.05) is 0 Å². The van der Waals surface area contributed by atoms with Crippen LogP contribution in [0.3, 0.4) is 0 Å². The molecule has 0 saturated heterocycles. The summed E-state index contributed by atoms with van der Waals surface area (Å²) in [5.41, 5.74) is 3.64. The van der Waals surface area contributed by atoms with E-state index >= 15 is 0 Å². The topological polar surface area (TPSA) is 93.1 Å². The van der Waals surface area contributed by atoms with Gasteiger partial charge in [0.05, 0.1) is 13.2 Å². The highest BCUT2D eigenvalue weighted by atomic mass is 16.6. The molecule has 2 aromatic rings. The van der Waals surface area contributed by atoms with Crippen LogP contribution >= 0.6 is 0 Å². The number of hydrogen-bond donors (Lipinski definition) is 2. The molecule has 6 heteroatoms. The summed E-state index contributed by atoms with van der Waals surface area (Å²) < 4.78 is 10.7. The highest BCUT2D eigenvalue weighted by Gasteiger charge is 2.36. The van der Waals surface area contributed by atoms with Gasteiger partial charge in [-0.1, -0.05) is 59.7 Å². The van der Waals surface area contributed by atoms with Gasteiger partial charge in [-0.2, -0.15) is 0 Å². The molecular formula is C20H22O6. The second-order valence-electron chi connectivity index (χ2n) is 6.11. The average molecular weight is 358 g/mol. The fraction of sp³-hybridized carbons (Fsp3) is 0.300. The van der Waals surface area contributed by atoms with Crippen LogP contribution in [-0.4, -0.2) is 34.4 Å². The molecule has 0 aliphatic rings. The molecule has 2 atom stereocenters. The first-order chi connectivity index (χ1) is 12.4. The fourth-order valence-electron chi connectivity index (χ4n) is 2.32. The maximum Gasteiger partial charge on any atom is 0.336 e. The van der Waals surface area contributed by atoms with E-state index in [0.29, 0.717) is 0 Å². The van der Waals surface area contributed by atoms with Crippen molar-refractivity contribution in [3.8, 4) is 0 Å². The summed E-state index contributed by atoms with van der Waals surface area (Å²) >= 11 is 0. The van der Waals surface area contributed by atoms with Gasteiger partial charge in [0.1, 0.15) is 0 Å². The summed E-state index contributed by atoms with van der Waals surface area (Å²) in [5.74, 6) is -2.76. The number of ether oxygens (including phenoxy) is 2. The molecule has 0 saturated carbocycles. The molecule has 0 radical (unpaired) electrons. The minimum atomic E-state index is -1.61. The molecule has 2 N–H and O–H groups in total. The Hall–Kier alpha value is -2.70. The van der Waals surface area contributed by atoms with E-state index in [1.165, 1.54) is 0 Å². The second kappa shape index (κ2) is 9.12. The normalized spacial score (nSPS) is 13.2. The van der Waals surface area contributed by atoms with Crippen molar-refractivity contribution < 1.29 is 29.3 Å². The Balaban J connectivity index is 2.04. The summed E-state index contributed by atoms with van der Waals surface area (Å²) in [6.07, 6.45) is -3.22. The van der Waals surface area contributed by atoms with Crippen LogP contribution in [0.1, 0.15) is 22.3 Å². The number of rotatable bonds is 9. The van der Waals surface area contributed by atoms with E-state index < -0.39 is 24.1 Å². The Morgan fingerprint density at radius 3 is 1.31 bits per heavy atom. The number of carboxylic acids is 2. The number of carboxylic acid groups (broad SMARTS) is 2. The van der Waals surface area contributed by atoms with Gasteiger partial charge in [0.15, 0.2) is 12.2 Å². The average Bonchev–Trinajstić information content (AvgIpc) is 2.60. The summed E-state index contributed by atoms with van der Waals surface area (Å²) in [7, 11) is 0. The zero-order chi connectivity index (χ0) is 19.1. The molecule has 0 aromatic heterocycles. The maximum absolute atomic E-state index is 11.5. The molecule has 0 aliphatic heterocycles. The van der Waals surface area contributed by atoms with Crippen molar-refractivity contribution in [2.75, 3.05) is 0 Å². The van der Waals surface area contributed by atoms with Crippen molar-refractivity contribution in [2.24, 2.45) is 0 Å². The Bertz CT molecular complexity index is 670. The van der Waals surface area contributed by atoms with Crippen LogP contribution in [0.4, 0.5) is 0 Å². The van der Waals surface area contributed by atoms with Crippen LogP contribution in [0.5, 0.6) is 0 Å². The van der Waals surface area contributed by atoms with Crippen LogP contribution in [0, 0.1) is 13.8 Å². The predicted molar refractivity (Wildman–Crippen MR) is 94.8 cm³/mol. The van der Waals surface area contributed by atoms with Crippen molar-refractivity contribution >= 4 is 11.9 Å². The molecule has 0 heterocycles. The zero-order valence-corrected chi connectivity index (χ0v) is 14.7. The number of carbonyl (C=O) groups is 2. The van der Waals surface area contributed by atoms with Gasteiger partial charge in [-0.25, -0.2) is 9.59 Å². The van der Waals surface area contributed by atoms with Crippen LogP contribution in [0.25, 0.3) is 0 Å². The first-order valence-electron chi connectivity index (χ1n) is 8.16. The Morgan fingerprint density at radius 1 is 0.731 bits per heavy atom. The Kier molecular flexibility index (Phi) is 6.89. The maximum atomic E-state index is 11.5. The highest BCUT2D eigenvalue weighted by Crippen LogP contribution is 2.14. The smallest absolute Gasteiger partial charge is 0.336 e. The molecule has 6 nitrogen and oxygen atoms in total. The lowest BCUT2D eigenvalue weighted by Crippen LogP contribution is -2.43. The van der Waals surface area contributed by atoms with Crippen LogP contribution in [0.15, 0.2) is 48.5 Å². The van der Waals surface area contributed by atoms with Gasteiger partial charge in [0.25, 0.3) is 0 Å². The standard InChI is InChI=1S/C20H22O6/c1-13-3-7-15(8-4-13)11-25-17(19(21)22)18(20(23)24)26-12-16-9-5-14(2)6-10-16/h3-10,17-18H,11-12H2,1-2H3,(H,21,22)(H,23,24)/t17-,18?/m1/s1. The minimum Gasteiger partial charge on any atom is -0.479 e. The van der Waals surface area contributed by atoms with E-state index in [1.807, 2.05) is 38.1 Å². The molecule has 2 rings (SSSR count). The molecule has 0 spiro atoms. The van der Waals surface area contributed by atoms with E-state index in [-0.39, 0.29) is 13.2 Å². The minimum absolute atomic E-state index is 0.0189. The molecule has 0 aliphatic carbocycles. The third kappa shape index (κ3) is 5.68. The van der Waals surface area contributed by atoms with Gasteiger partial charge in [-0.05, 0) is 25.0 Å². The fourth-order valence-corrected chi connectivity index (χ4v) is 2.32. The van der Waals surface area contributed by atoms with Gasteiger partial charge >= 0.3 is 11.9 Å². The molecule has 138 valence electrons. The molecule has 26 heavy (non-hydrogen) atoms. The molecule has 0 fully saturated rings. The van der Waals surface area contributed by atoms with Gasteiger partial charge in [0.2, 0.25) is 0 Å². The quantitative estimate of drug-likeness (QED) is 0.716. The first kappa shape index (κ1) is 19.6. The Labute approximate surface area is 152 Å². The number of hydrogen-bond acceptors (Lipinski definition) is 4. The van der Waals surface area contributed by atoms with Crippen molar-refractivity contribution in [3.63, 3.8) is 0 Å². The van der Waals surface area contributed by atoms with E-state index in [1.54, 1.807) is 24.3 Å². The third-order valence-electron chi connectivity index (χ3n) is 3.86. The van der Waals surface area contributed by atoms with Gasteiger partial charge in [-0.15, -0.1) is 0 Å². The van der Waals surface area contributed by atoms with E-state index in [0.717, 1.165) is 22.3 Å².